The van der Waals surface area contributed by atoms with Crippen molar-refractivity contribution in [2.75, 3.05) is 5.32 Å². The molecule has 4 nitrogen and oxygen atoms in total. The van der Waals surface area contributed by atoms with Gasteiger partial charge in [-0.3, -0.25) is 0 Å². The van der Waals surface area contributed by atoms with Crippen LogP contribution < -0.4 is 11.1 Å². The van der Waals surface area contributed by atoms with Crippen LogP contribution >= 0.6 is 0 Å². The summed E-state index contributed by atoms with van der Waals surface area (Å²) < 4.78 is 13.6. The first kappa shape index (κ1) is 9.33. The Hall–Kier alpha value is -1.23. The Morgan fingerprint density at radius 3 is 2.93 bits per heavy atom. The Morgan fingerprint density at radius 1 is 1.64 bits per heavy atom. The zero-order valence-electron chi connectivity index (χ0n) is 8.00. The molecule has 0 radical (unpaired) electrons. The lowest BCUT2D eigenvalue weighted by Gasteiger charge is -2.06. The lowest BCUT2D eigenvalue weighted by atomic mass is 10.3. The third-order valence-corrected chi connectivity index (χ3v) is 2.36. The summed E-state index contributed by atoms with van der Waals surface area (Å²) in [5.41, 5.74) is 6.05. The number of nitrogens with zero attached hydrogens (tertiary/aromatic N) is 2. The molecule has 1 aromatic rings. The quantitative estimate of drug-likeness (QED) is 0.746. The van der Waals surface area contributed by atoms with Crippen LogP contribution in [0.2, 0.25) is 0 Å². The third-order valence-electron chi connectivity index (χ3n) is 2.36. The molecular weight excluding hydrogens is 183 g/mol. The second-order valence-electron chi connectivity index (χ2n) is 3.49. The molecule has 1 heterocycles. The lowest BCUT2D eigenvalue weighted by molar-refractivity contribution is 0.596. The first-order chi connectivity index (χ1) is 6.72. The largest absolute Gasteiger partial charge is 0.363 e. The fourth-order valence-electron chi connectivity index (χ4n) is 1.31. The van der Waals surface area contributed by atoms with Gasteiger partial charge >= 0.3 is 0 Å². The van der Waals surface area contributed by atoms with E-state index in [0.29, 0.717) is 12.1 Å². The van der Waals surface area contributed by atoms with E-state index < -0.39 is 0 Å². The predicted molar refractivity (Wildman–Crippen MR) is 51.4 cm³/mol. The van der Waals surface area contributed by atoms with E-state index in [1.54, 1.807) is 0 Å². The summed E-state index contributed by atoms with van der Waals surface area (Å²) in [6.07, 6.45) is 2.82. The van der Waals surface area contributed by atoms with Gasteiger partial charge in [-0.25, -0.2) is 14.4 Å². The minimum Gasteiger partial charge on any atom is -0.363 e. The van der Waals surface area contributed by atoms with E-state index in [4.69, 9.17) is 5.73 Å². The summed E-state index contributed by atoms with van der Waals surface area (Å²) in [6.45, 7) is 1.86. The molecule has 3 N–H and O–H groups in total. The predicted octanol–water partition coefficient (Wildman–Crippen LogP) is 0.690. The number of hydrogen-bond donors (Lipinski definition) is 2. The molecular formula is C9H13FN4. The first-order valence-electron chi connectivity index (χ1n) is 4.74. The SMILES string of the molecule is CCc1ncnc(NC2CC2N)c1F. The van der Waals surface area contributed by atoms with Crippen LogP contribution in [0, 0.1) is 5.82 Å². The average molecular weight is 196 g/mol. The zero-order chi connectivity index (χ0) is 10.1. The van der Waals surface area contributed by atoms with E-state index in [-0.39, 0.29) is 23.7 Å². The number of rotatable bonds is 3. The van der Waals surface area contributed by atoms with Crippen molar-refractivity contribution in [1.82, 2.24) is 9.97 Å². The van der Waals surface area contributed by atoms with Gasteiger partial charge in [0, 0.05) is 12.1 Å². The van der Waals surface area contributed by atoms with Gasteiger partial charge in [0.25, 0.3) is 0 Å². The molecule has 2 rings (SSSR count). The Morgan fingerprint density at radius 2 is 2.36 bits per heavy atom. The highest BCUT2D eigenvalue weighted by Crippen LogP contribution is 2.24. The molecule has 0 amide bonds. The van der Waals surface area contributed by atoms with Crippen molar-refractivity contribution >= 4 is 5.82 Å². The Labute approximate surface area is 81.7 Å². The standard InChI is InChI=1S/C9H13FN4/c1-2-6-8(10)9(13-4-12-6)14-7-3-5(7)11/h4-5,7H,2-3,11H2,1H3,(H,12,13,14). The normalized spacial score (nSPS) is 24.8. The van der Waals surface area contributed by atoms with E-state index in [1.807, 2.05) is 6.92 Å². The van der Waals surface area contributed by atoms with Crippen LogP contribution in [0.15, 0.2) is 6.33 Å². The van der Waals surface area contributed by atoms with Crippen molar-refractivity contribution in [3.8, 4) is 0 Å². The number of halogens is 1. The van der Waals surface area contributed by atoms with Gasteiger partial charge in [-0.05, 0) is 12.8 Å². The summed E-state index contributed by atoms with van der Waals surface area (Å²) in [4.78, 5) is 7.70. The van der Waals surface area contributed by atoms with Gasteiger partial charge in [0.15, 0.2) is 11.6 Å². The Balaban J connectivity index is 2.16. The Kier molecular flexibility index (Phi) is 2.33. The summed E-state index contributed by atoms with van der Waals surface area (Å²) in [5.74, 6) is -0.0797. The molecule has 0 aromatic carbocycles. The highest BCUT2D eigenvalue weighted by Gasteiger charge is 2.34. The topological polar surface area (TPSA) is 63.8 Å². The number of aryl methyl sites for hydroxylation is 1. The lowest BCUT2D eigenvalue weighted by Crippen LogP contribution is -2.15. The van der Waals surface area contributed by atoms with Crippen LogP contribution in [-0.2, 0) is 6.42 Å². The average Bonchev–Trinajstić information content (AvgIpc) is 2.86. The smallest absolute Gasteiger partial charge is 0.186 e. The summed E-state index contributed by atoms with van der Waals surface area (Å²) in [5, 5.41) is 2.96. The maximum absolute atomic E-state index is 13.6. The third kappa shape index (κ3) is 1.68. The summed E-state index contributed by atoms with van der Waals surface area (Å²) in [6, 6.07) is 0.304. The highest BCUT2D eigenvalue weighted by atomic mass is 19.1. The van der Waals surface area contributed by atoms with E-state index in [1.165, 1.54) is 6.33 Å². The van der Waals surface area contributed by atoms with Gasteiger partial charge in [-0.1, -0.05) is 6.92 Å². The van der Waals surface area contributed by atoms with E-state index in [9.17, 15) is 4.39 Å². The molecule has 0 saturated heterocycles. The second kappa shape index (κ2) is 3.49. The van der Waals surface area contributed by atoms with Crippen molar-refractivity contribution in [3.05, 3.63) is 17.8 Å². The number of nitrogens with two attached hydrogens (primary N) is 1. The van der Waals surface area contributed by atoms with Gasteiger partial charge in [0.2, 0.25) is 0 Å². The number of aromatic nitrogens is 2. The number of hydrogen-bond acceptors (Lipinski definition) is 4. The molecule has 2 atom stereocenters. The van der Waals surface area contributed by atoms with Crippen molar-refractivity contribution < 1.29 is 4.39 Å². The summed E-state index contributed by atoms with van der Waals surface area (Å²) >= 11 is 0. The van der Waals surface area contributed by atoms with Crippen LogP contribution in [0.4, 0.5) is 10.2 Å². The molecule has 1 fully saturated rings. The molecule has 1 aliphatic carbocycles. The summed E-state index contributed by atoms with van der Waals surface area (Å²) in [7, 11) is 0. The van der Waals surface area contributed by atoms with Crippen molar-refractivity contribution in [2.45, 2.75) is 31.8 Å². The molecule has 1 aromatic heterocycles. The zero-order valence-corrected chi connectivity index (χ0v) is 8.00. The molecule has 0 spiro atoms. The van der Waals surface area contributed by atoms with Gasteiger partial charge in [-0.15, -0.1) is 0 Å². The Bertz CT molecular complexity index is 342. The van der Waals surface area contributed by atoms with Crippen molar-refractivity contribution in [3.63, 3.8) is 0 Å². The molecule has 1 aliphatic rings. The minimum absolute atomic E-state index is 0.134. The fraction of sp³-hybridized carbons (Fsp3) is 0.556. The van der Waals surface area contributed by atoms with Gasteiger partial charge < -0.3 is 11.1 Å². The number of anilines is 1. The minimum atomic E-state index is -0.353. The monoisotopic (exact) mass is 196 g/mol. The van der Waals surface area contributed by atoms with E-state index in [2.05, 4.69) is 15.3 Å². The molecule has 5 heteroatoms. The van der Waals surface area contributed by atoms with Crippen molar-refractivity contribution in [1.29, 1.82) is 0 Å². The van der Waals surface area contributed by atoms with Crippen LogP contribution in [0.25, 0.3) is 0 Å². The number of nitrogens with one attached hydrogen (secondary N) is 1. The molecule has 2 unspecified atom stereocenters. The van der Waals surface area contributed by atoms with Gasteiger partial charge in [0.05, 0.1) is 5.69 Å². The maximum atomic E-state index is 13.6. The molecule has 76 valence electrons. The van der Waals surface area contributed by atoms with Crippen LogP contribution in [0.5, 0.6) is 0 Å². The highest BCUT2D eigenvalue weighted by molar-refractivity contribution is 5.40. The van der Waals surface area contributed by atoms with Crippen LogP contribution in [0.3, 0.4) is 0 Å². The molecule has 0 bridgehead atoms. The maximum Gasteiger partial charge on any atom is 0.186 e. The molecule has 14 heavy (non-hydrogen) atoms. The first-order valence-corrected chi connectivity index (χ1v) is 4.74. The van der Waals surface area contributed by atoms with Crippen molar-refractivity contribution in [2.24, 2.45) is 5.73 Å². The van der Waals surface area contributed by atoms with E-state index in [0.717, 1.165) is 6.42 Å². The molecule has 1 saturated carbocycles. The van der Waals surface area contributed by atoms with Crippen LogP contribution in [-0.4, -0.2) is 22.1 Å². The van der Waals surface area contributed by atoms with E-state index >= 15 is 0 Å². The second-order valence-corrected chi connectivity index (χ2v) is 3.49. The van der Waals surface area contributed by atoms with Crippen LogP contribution in [0.1, 0.15) is 19.0 Å². The van der Waals surface area contributed by atoms with Gasteiger partial charge in [0.1, 0.15) is 6.33 Å². The van der Waals surface area contributed by atoms with Gasteiger partial charge in [-0.2, -0.15) is 0 Å². The fourth-order valence-corrected chi connectivity index (χ4v) is 1.31. The molecule has 0 aliphatic heterocycles.